The number of nitrogens with zero attached hydrogens (tertiary/aromatic N) is 1. The SMILES string of the molecule is NC1CCN(C(=O)C(NS(=O)(=O)c2cc3ccc(OC4CCCC4)cc3s2)C(F)(F)[C@H]2CCC2c2ccc(Cl)cc2)CC1. The van der Waals surface area contributed by atoms with Crippen LogP contribution in [0.4, 0.5) is 8.78 Å². The molecule has 1 aliphatic heterocycles. The molecule has 3 fully saturated rings. The van der Waals surface area contributed by atoms with Gasteiger partial charge >= 0.3 is 0 Å². The van der Waals surface area contributed by atoms with Gasteiger partial charge in [0.15, 0.2) is 6.04 Å². The maximum absolute atomic E-state index is 16.5. The molecule has 2 unspecified atom stereocenters. The van der Waals surface area contributed by atoms with Crippen LogP contribution in [0.1, 0.15) is 62.8 Å². The number of sulfonamides is 1. The highest BCUT2D eigenvalue weighted by molar-refractivity contribution is 7.91. The van der Waals surface area contributed by atoms with E-state index in [4.69, 9.17) is 22.1 Å². The van der Waals surface area contributed by atoms with Crippen LogP contribution < -0.4 is 15.2 Å². The van der Waals surface area contributed by atoms with Crippen LogP contribution in [-0.4, -0.2) is 56.4 Å². The average Bonchev–Trinajstić information content (AvgIpc) is 3.62. The van der Waals surface area contributed by atoms with Gasteiger partial charge in [0.25, 0.3) is 15.9 Å². The van der Waals surface area contributed by atoms with Gasteiger partial charge in [0, 0.05) is 34.8 Å². The van der Waals surface area contributed by atoms with E-state index in [9.17, 15) is 13.2 Å². The summed E-state index contributed by atoms with van der Waals surface area (Å²) in [5, 5.41) is 1.15. The first-order valence-electron chi connectivity index (χ1n) is 14.9. The number of likely N-dealkylation sites (tertiary alicyclic amines) is 1. The second-order valence-corrected chi connectivity index (χ2v) is 15.5. The van der Waals surface area contributed by atoms with Crippen LogP contribution in [-0.2, 0) is 14.8 Å². The molecule has 6 rings (SSSR count). The summed E-state index contributed by atoms with van der Waals surface area (Å²) < 4.78 is 69.2. The predicted molar refractivity (Wildman–Crippen MR) is 164 cm³/mol. The summed E-state index contributed by atoms with van der Waals surface area (Å²) in [6.07, 6.45) is 5.97. The molecule has 1 aromatic heterocycles. The molecule has 0 spiro atoms. The van der Waals surface area contributed by atoms with E-state index in [1.165, 1.54) is 11.0 Å². The van der Waals surface area contributed by atoms with Gasteiger partial charge in [-0.1, -0.05) is 23.7 Å². The third-order valence-corrected chi connectivity index (χ3v) is 12.4. The molecule has 232 valence electrons. The molecule has 0 radical (unpaired) electrons. The van der Waals surface area contributed by atoms with E-state index in [1.54, 1.807) is 42.5 Å². The number of amides is 1. The van der Waals surface area contributed by atoms with Gasteiger partial charge in [-0.3, -0.25) is 4.79 Å². The minimum absolute atomic E-state index is 0.123. The highest BCUT2D eigenvalue weighted by atomic mass is 35.5. The van der Waals surface area contributed by atoms with E-state index < -0.39 is 39.7 Å². The summed E-state index contributed by atoms with van der Waals surface area (Å²) in [6.45, 7) is 0.401. The Kier molecular flexibility index (Phi) is 8.74. The fourth-order valence-electron chi connectivity index (χ4n) is 6.48. The van der Waals surface area contributed by atoms with E-state index in [0.29, 0.717) is 45.7 Å². The van der Waals surface area contributed by atoms with Crippen molar-refractivity contribution in [2.24, 2.45) is 11.7 Å². The molecule has 3 atom stereocenters. The van der Waals surface area contributed by atoms with Crippen molar-refractivity contribution >= 4 is 49.0 Å². The molecule has 3 aliphatic rings. The van der Waals surface area contributed by atoms with Crippen LogP contribution in [0.25, 0.3) is 10.1 Å². The Labute approximate surface area is 259 Å². The number of carbonyl (C=O) groups excluding carboxylic acids is 1. The number of rotatable bonds is 9. The van der Waals surface area contributed by atoms with Crippen LogP contribution in [0.15, 0.2) is 52.7 Å². The maximum atomic E-state index is 16.5. The normalized spacial score (nSPS) is 22.9. The lowest BCUT2D eigenvalue weighted by molar-refractivity contribution is -0.158. The Hall–Kier alpha value is -2.31. The van der Waals surface area contributed by atoms with Gasteiger partial charge in [0.2, 0.25) is 5.91 Å². The highest BCUT2D eigenvalue weighted by Crippen LogP contribution is 2.52. The Morgan fingerprint density at radius 2 is 1.72 bits per heavy atom. The largest absolute Gasteiger partial charge is 0.490 e. The summed E-state index contributed by atoms with van der Waals surface area (Å²) in [7, 11) is -4.48. The van der Waals surface area contributed by atoms with Gasteiger partial charge in [-0.2, -0.15) is 4.72 Å². The lowest BCUT2D eigenvalue weighted by Gasteiger charge is -2.45. The second kappa shape index (κ2) is 12.2. The van der Waals surface area contributed by atoms with Gasteiger partial charge < -0.3 is 15.4 Å². The molecule has 2 saturated carbocycles. The minimum Gasteiger partial charge on any atom is -0.490 e. The van der Waals surface area contributed by atoms with Crippen LogP contribution in [0.2, 0.25) is 5.02 Å². The molecule has 12 heteroatoms. The molecule has 0 bridgehead atoms. The van der Waals surface area contributed by atoms with Crippen LogP contribution in [0.5, 0.6) is 5.75 Å². The van der Waals surface area contributed by atoms with Crippen LogP contribution >= 0.6 is 22.9 Å². The van der Waals surface area contributed by atoms with Crippen LogP contribution in [0, 0.1) is 5.92 Å². The van der Waals surface area contributed by atoms with Crippen molar-refractivity contribution in [3.8, 4) is 5.75 Å². The first-order chi connectivity index (χ1) is 20.5. The van der Waals surface area contributed by atoms with Crippen molar-refractivity contribution in [2.75, 3.05) is 13.1 Å². The molecule has 1 saturated heterocycles. The topological polar surface area (TPSA) is 102 Å². The Balaban J connectivity index is 1.28. The van der Waals surface area contributed by atoms with Crippen molar-refractivity contribution < 1.29 is 26.7 Å². The summed E-state index contributed by atoms with van der Waals surface area (Å²) >= 11 is 6.98. The summed E-state index contributed by atoms with van der Waals surface area (Å²) in [6, 6.07) is 11.2. The molecule has 2 heterocycles. The third kappa shape index (κ3) is 6.42. The molecule has 2 aliphatic carbocycles. The van der Waals surface area contributed by atoms with Gasteiger partial charge in [0.05, 0.1) is 6.10 Å². The number of alkyl halides is 2. The number of hydrogen-bond acceptors (Lipinski definition) is 6. The molecule has 3 N–H and O–H groups in total. The number of carbonyl (C=O) groups is 1. The zero-order chi connectivity index (χ0) is 30.4. The summed E-state index contributed by atoms with van der Waals surface area (Å²) in [4.78, 5) is 15.0. The monoisotopic (exact) mass is 651 g/mol. The van der Waals surface area contributed by atoms with E-state index >= 15 is 8.78 Å². The first-order valence-corrected chi connectivity index (χ1v) is 17.6. The van der Waals surface area contributed by atoms with E-state index in [0.717, 1.165) is 37.0 Å². The third-order valence-electron chi connectivity index (χ3n) is 9.16. The maximum Gasteiger partial charge on any atom is 0.276 e. The summed E-state index contributed by atoms with van der Waals surface area (Å²) in [5.41, 5.74) is 6.68. The molecular weight excluding hydrogens is 616 g/mol. The number of piperidine rings is 1. The highest BCUT2D eigenvalue weighted by Gasteiger charge is 2.58. The molecule has 7 nitrogen and oxygen atoms in total. The number of nitrogens with one attached hydrogen (secondary N) is 1. The standard InChI is InChI=1S/C31H36ClF2N3O4S2/c32-21-8-5-19(6-9-21)25-11-12-26(25)31(33,34)29(30(38)37-15-13-22(35)14-16-37)36-43(39,40)28-17-20-7-10-24(18-27(20)42-28)41-23-3-1-2-4-23/h5-10,17-18,22-23,25-26,29,36H,1-4,11-16,35H2/t25?,26-,29?/m0/s1. The Bertz CT molecular complexity index is 1570. The molecule has 2 aromatic carbocycles. The van der Waals surface area contributed by atoms with Gasteiger partial charge in [0.1, 0.15) is 9.96 Å². The number of ether oxygens (including phenoxy) is 1. The number of thiophene rings is 1. The number of halogens is 3. The second-order valence-electron chi connectivity index (χ2n) is 12.0. The fraction of sp³-hybridized carbons (Fsp3) is 0.516. The quantitative estimate of drug-likeness (QED) is 0.283. The van der Waals surface area contributed by atoms with Crippen LogP contribution in [0.3, 0.4) is 0 Å². The van der Waals surface area contributed by atoms with Gasteiger partial charge in [-0.15, -0.1) is 11.3 Å². The van der Waals surface area contributed by atoms with Gasteiger partial charge in [-0.25, -0.2) is 17.2 Å². The van der Waals surface area contributed by atoms with Crippen molar-refractivity contribution in [1.29, 1.82) is 0 Å². The van der Waals surface area contributed by atoms with Crippen molar-refractivity contribution in [3.63, 3.8) is 0 Å². The number of nitrogens with two attached hydrogens (primary N) is 1. The average molecular weight is 652 g/mol. The smallest absolute Gasteiger partial charge is 0.276 e. The summed E-state index contributed by atoms with van der Waals surface area (Å²) in [5.74, 6) is -5.65. The fourth-order valence-corrected chi connectivity index (χ4v) is 9.25. The number of fused-ring (bicyclic) bond motifs is 1. The molecule has 43 heavy (non-hydrogen) atoms. The van der Waals surface area contributed by atoms with E-state index in [2.05, 4.69) is 4.72 Å². The Morgan fingerprint density at radius 1 is 1.02 bits per heavy atom. The predicted octanol–water partition coefficient (Wildman–Crippen LogP) is 6.30. The Morgan fingerprint density at radius 3 is 2.37 bits per heavy atom. The lowest BCUT2D eigenvalue weighted by atomic mass is 9.65. The van der Waals surface area contributed by atoms with Crippen molar-refractivity contribution in [2.45, 2.75) is 85.6 Å². The minimum atomic E-state index is -4.48. The number of benzene rings is 2. The molecule has 1 amide bonds. The van der Waals surface area contributed by atoms with Crippen molar-refractivity contribution in [1.82, 2.24) is 9.62 Å². The van der Waals surface area contributed by atoms with E-state index in [-0.39, 0.29) is 35.9 Å². The van der Waals surface area contributed by atoms with Crippen molar-refractivity contribution in [3.05, 3.63) is 59.1 Å². The van der Waals surface area contributed by atoms with Gasteiger partial charge in [-0.05, 0) is 105 Å². The van der Waals surface area contributed by atoms with E-state index in [1.807, 2.05) is 0 Å². The number of hydrogen-bond donors (Lipinski definition) is 2. The first kappa shape index (κ1) is 30.7. The molecule has 3 aromatic rings. The zero-order valence-corrected chi connectivity index (χ0v) is 26.1. The molecular formula is C31H36ClF2N3O4S2. The lowest BCUT2D eigenvalue weighted by Crippen LogP contribution is -2.62. The zero-order valence-electron chi connectivity index (χ0n) is 23.7.